The van der Waals surface area contributed by atoms with Crippen LogP contribution in [-0.4, -0.2) is 37.0 Å². The second-order valence-corrected chi connectivity index (χ2v) is 5.84. The van der Waals surface area contributed by atoms with Crippen LogP contribution in [0, 0.1) is 0 Å². The second-order valence-electron chi connectivity index (χ2n) is 5.84. The molecule has 1 aliphatic rings. The zero-order chi connectivity index (χ0) is 14.9. The Hall–Kier alpha value is -1.55. The summed E-state index contributed by atoms with van der Waals surface area (Å²) < 4.78 is 0. The Balaban J connectivity index is 1.54. The van der Waals surface area contributed by atoms with Gasteiger partial charge in [-0.3, -0.25) is 4.79 Å². The van der Waals surface area contributed by atoms with Gasteiger partial charge in [-0.15, -0.1) is 0 Å². The smallest absolute Gasteiger partial charge is 0.251 e. The van der Waals surface area contributed by atoms with Crippen molar-refractivity contribution in [2.75, 3.05) is 31.9 Å². The van der Waals surface area contributed by atoms with Crippen LogP contribution in [-0.2, 0) is 0 Å². The van der Waals surface area contributed by atoms with Crippen molar-refractivity contribution in [3.05, 3.63) is 29.8 Å². The van der Waals surface area contributed by atoms with Crippen molar-refractivity contribution in [2.45, 2.75) is 38.5 Å². The third-order valence-electron chi connectivity index (χ3n) is 4.03. The highest BCUT2D eigenvalue weighted by Crippen LogP contribution is 2.10. The molecule has 1 aromatic rings. The van der Waals surface area contributed by atoms with Crippen LogP contribution in [0.25, 0.3) is 0 Å². The van der Waals surface area contributed by atoms with Gasteiger partial charge in [0.05, 0.1) is 0 Å². The summed E-state index contributed by atoms with van der Waals surface area (Å²) in [5.41, 5.74) is 6.95. The fraction of sp³-hybridized carbons (Fsp3) is 0.588. The van der Waals surface area contributed by atoms with E-state index in [4.69, 9.17) is 5.73 Å². The van der Waals surface area contributed by atoms with E-state index in [0.717, 1.165) is 13.0 Å². The van der Waals surface area contributed by atoms with E-state index in [1.165, 1.54) is 51.7 Å². The highest BCUT2D eigenvalue weighted by molar-refractivity contribution is 5.94. The zero-order valence-corrected chi connectivity index (χ0v) is 12.8. The van der Waals surface area contributed by atoms with E-state index in [9.17, 15) is 4.79 Å². The Morgan fingerprint density at radius 1 is 1.14 bits per heavy atom. The average molecular weight is 289 g/mol. The molecule has 0 aromatic heterocycles. The summed E-state index contributed by atoms with van der Waals surface area (Å²) in [5, 5.41) is 2.96. The monoisotopic (exact) mass is 289 g/mol. The van der Waals surface area contributed by atoms with E-state index in [2.05, 4.69) is 10.2 Å². The summed E-state index contributed by atoms with van der Waals surface area (Å²) in [6.45, 7) is 4.50. The average Bonchev–Trinajstić information content (AvgIpc) is 2.51. The molecular weight excluding hydrogens is 262 g/mol. The minimum Gasteiger partial charge on any atom is -0.399 e. The molecule has 2 rings (SSSR count). The van der Waals surface area contributed by atoms with E-state index in [1.54, 1.807) is 18.2 Å². The van der Waals surface area contributed by atoms with E-state index in [1.807, 2.05) is 6.07 Å². The first-order valence-corrected chi connectivity index (χ1v) is 8.12. The molecule has 0 atom stereocenters. The number of nitrogens with one attached hydrogen (secondary N) is 1. The molecule has 1 amide bonds. The highest BCUT2D eigenvalue weighted by Gasteiger charge is 2.09. The van der Waals surface area contributed by atoms with Crippen LogP contribution in [0.4, 0.5) is 5.69 Å². The predicted octanol–water partition coefficient (Wildman–Crippen LogP) is 2.65. The summed E-state index contributed by atoms with van der Waals surface area (Å²) >= 11 is 0. The molecule has 0 spiro atoms. The zero-order valence-electron chi connectivity index (χ0n) is 12.8. The van der Waals surface area contributed by atoms with Gasteiger partial charge in [0.15, 0.2) is 0 Å². The van der Waals surface area contributed by atoms with Crippen molar-refractivity contribution in [1.29, 1.82) is 0 Å². The lowest BCUT2D eigenvalue weighted by atomic mass is 10.1. The fourth-order valence-electron chi connectivity index (χ4n) is 2.80. The first kappa shape index (κ1) is 15.8. The van der Waals surface area contributed by atoms with E-state index in [0.29, 0.717) is 11.3 Å². The molecule has 0 radical (unpaired) electrons. The van der Waals surface area contributed by atoms with Crippen LogP contribution in [0.15, 0.2) is 24.3 Å². The van der Waals surface area contributed by atoms with Crippen molar-refractivity contribution in [3.8, 4) is 0 Å². The first-order valence-electron chi connectivity index (χ1n) is 8.12. The Bertz CT molecular complexity index is 441. The van der Waals surface area contributed by atoms with E-state index < -0.39 is 0 Å². The summed E-state index contributed by atoms with van der Waals surface area (Å²) in [7, 11) is 0. The molecule has 1 aromatic carbocycles. The number of nitrogens with zero attached hydrogens (tertiary/aromatic N) is 1. The largest absolute Gasteiger partial charge is 0.399 e. The van der Waals surface area contributed by atoms with Gasteiger partial charge in [0.2, 0.25) is 0 Å². The maximum Gasteiger partial charge on any atom is 0.251 e. The summed E-state index contributed by atoms with van der Waals surface area (Å²) in [5.74, 6) is -0.0293. The molecule has 21 heavy (non-hydrogen) atoms. The lowest BCUT2D eigenvalue weighted by Gasteiger charge is -2.26. The Morgan fingerprint density at radius 3 is 2.71 bits per heavy atom. The molecule has 1 fully saturated rings. The number of piperidine rings is 1. The number of unbranched alkanes of at least 4 members (excludes halogenated alkanes) is 2. The van der Waals surface area contributed by atoms with E-state index >= 15 is 0 Å². The quantitative estimate of drug-likeness (QED) is 0.599. The topological polar surface area (TPSA) is 58.4 Å². The summed E-state index contributed by atoms with van der Waals surface area (Å²) in [6.07, 6.45) is 7.56. The number of nitrogens with two attached hydrogens (primary N) is 1. The van der Waals surface area contributed by atoms with Gasteiger partial charge < -0.3 is 16.0 Å². The molecular formula is C17H27N3O. The number of amides is 1. The Morgan fingerprint density at radius 2 is 1.95 bits per heavy atom. The number of hydrogen-bond donors (Lipinski definition) is 2. The van der Waals surface area contributed by atoms with Crippen LogP contribution in [0.5, 0.6) is 0 Å². The number of carbonyl (C=O) groups excluding carboxylic acids is 1. The normalized spacial score (nSPS) is 15.8. The molecule has 1 saturated heterocycles. The molecule has 3 N–H and O–H groups in total. The molecule has 0 aliphatic carbocycles. The van der Waals surface area contributed by atoms with Gasteiger partial charge in [-0.05, 0) is 63.5 Å². The van der Waals surface area contributed by atoms with Crippen molar-refractivity contribution in [3.63, 3.8) is 0 Å². The fourth-order valence-corrected chi connectivity index (χ4v) is 2.80. The number of rotatable bonds is 7. The number of anilines is 1. The van der Waals surface area contributed by atoms with Gasteiger partial charge in [-0.2, -0.15) is 0 Å². The van der Waals surface area contributed by atoms with Gasteiger partial charge in [-0.1, -0.05) is 18.9 Å². The van der Waals surface area contributed by atoms with Gasteiger partial charge in [0, 0.05) is 17.8 Å². The van der Waals surface area contributed by atoms with Gasteiger partial charge in [-0.25, -0.2) is 0 Å². The molecule has 0 bridgehead atoms. The molecule has 4 heteroatoms. The predicted molar refractivity (Wildman–Crippen MR) is 87.3 cm³/mol. The highest BCUT2D eigenvalue weighted by atomic mass is 16.1. The Kier molecular flexibility index (Phi) is 6.54. The molecule has 0 saturated carbocycles. The number of benzene rings is 1. The minimum absolute atomic E-state index is 0.0293. The lowest BCUT2D eigenvalue weighted by Crippen LogP contribution is -2.30. The van der Waals surface area contributed by atoms with Crippen LogP contribution < -0.4 is 11.1 Å². The lowest BCUT2D eigenvalue weighted by molar-refractivity contribution is 0.0953. The van der Waals surface area contributed by atoms with Crippen molar-refractivity contribution >= 4 is 11.6 Å². The van der Waals surface area contributed by atoms with Crippen LogP contribution in [0.3, 0.4) is 0 Å². The van der Waals surface area contributed by atoms with E-state index in [-0.39, 0.29) is 5.91 Å². The maximum absolute atomic E-state index is 11.9. The minimum atomic E-state index is -0.0293. The van der Waals surface area contributed by atoms with Crippen LogP contribution in [0.2, 0.25) is 0 Å². The van der Waals surface area contributed by atoms with Crippen LogP contribution >= 0.6 is 0 Å². The summed E-state index contributed by atoms with van der Waals surface area (Å²) in [4.78, 5) is 14.5. The van der Waals surface area contributed by atoms with Crippen molar-refractivity contribution in [2.24, 2.45) is 0 Å². The van der Waals surface area contributed by atoms with Gasteiger partial charge in [0.1, 0.15) is 0 Å². The first-order chi connectivity index (χ1) is 10.3. The molecule has 1 heterocycles. The Labute approximate surface area is 127 Å². The summed E-state index contributed by atoms with van der Waals surface area (Å²) in [6, 6.07) is 7.11. The van der Waals surface area contributed by atoms with Gasteiger partial charge >= 0.3 is 0 Å². The number of carbonyl (C=O) groups is 1. The van der Waals surface area contributed by atoms with Crippen molar-refractivity contribution in [1.82, 2.24) is 10.2 Å². The molecule has 4 nitrogen and oxygen atoms in total. The number of likely N-dealkylation sites (tertiary alicyclic amines) is 1. The second kappa shape index (κ2) is 8.67. The molecule has 0 unspecified atom stereocenters. The molecule has 1 aliphatic heterocycles. The van der Waals surface area contributed by atoms with Crippen molar-refractivity contribution < 1.29 is 4.79 Å². The maximum atomic E-state index is 11.9. The third kappa shape index (κ3) is 5.76. The SMILES string of the molecule is Nc1cccc(C(=O)NCCCCCN2CCCCC2)c1. The third-order valence-corrected chi connectivity index (χ3v) is 4.03. The standard InChI is InChI=1S/C17H27N3O/c18-16-9-7-8-15(14-16)17(21)19-10-3-1-4-11-20-12-5-2-6-13-20/h7-9,14H,1-6,10-13,18H2,(H,19,21). The van der Waals surface area contributed by atoms with Gasteiger partial charge in [0.25, 0.3) is 5.91 Å². The number of nitrogen functional groups attached to an aromatic ring is 1. The number of hydrogen-bond acceptors (Lipinski definition) is 3. The van der Waals surface area contributed by atoms with Crippen LogP contribution in [0.1, 0.15) is 48.9 Å². The molecule has 116 valence electrons.